The van der Waals surface area contributed by atoms with Crippen LogP contribution in [0.25, 0.3) is 15.4 Å². The number of likely N-dealkylation sites (tertiary alicyclic amines) is 1. The van der Waals surface area contributed by atoms with Gasteiger partial charge in [-0.05, 0) is 74.8 Å². The van der Waals surface area contributed by atoms with E-state index in [0.29, 0.717) is 23.1 Å². The lowest BCUT2D eigenvalue weighted by Gasteiger charge is -2.35. The number of carbonyl (C=O) groups excluding carboxylic acids is 5. The highest BCUT2D eigenvalue weighted by atomic mass is 35.5. The van der Waals surface area contributed by atoms with Crippen LogP contribution in [0, 0.1) is 33.1 Å². The van der Waals surface area contributed by atoms with E-state index < -0.39 is 41.5 Å². The van der Waals surface area contributed by atoms with Crippen molar-refractivity contribution in [1.29, 1.82) is 0 Å². The predicted molar refractivity (Wildman–Crippen MR) is 331 cm³/mol. The van der Waals surface area contributed by atoms with Crippen LogP contribution >= 0.6 is 34.3 Å². The smallest absolute Gasteiger partial charge is 0.306 e. The number of thiophene rings is 1. The molecule has 0 unspecified atom stereocenters. The van der Waals surface area contributed by atoms with E-state index in [9.17, 15) is 24.0 Å². The van der Waals surface area contributed by atoms with Crippen LogP contribution in [0.4, 0.5) is 0 Å². The maximum absolute atomic E-state index is 14.6. The van der Waals surface area contributed by atoms with Crippen molar-refractivity contribution in [3.63, 3.8) is 0 Å². The van der Waals surface area contributed by atoms with Gasteiger partial charge in [-0.25, -0.2) is 4.98 Å². The molecule has 19 nitrogen and oxygen atoms in total. The Kier molecular flexibility index (Phi) is 26.1. The maximum Gasteiger partial charge on any atom is 0.306 e. The number of nitrogens with one attached hydrogen (secondary N) is 3. The van der Waals surface area contributed by atoms with Gasteiger partial charge in [0.2, 0.25) is 23.6 Å². The summed E-state index contributed by atoms with van der Waals surface area (Å²) >= 11 is 9.47. The molecule has 4 N–H and O–H groups in total. The van der Waals surface area contributed by atoms with Crippen molar-refractivity contribution in [2.75, 3.05) is 59.3 Å². The molecule has 0 aliphatic carbocycles. The van der Waals surface area contributed by atoms with Gasteiger partial charge in [0, 0.05) is 53.6 Å². The first-order valence-electron chi connectivity index (χ1n) is 30.0. The molecular formula is C63H86ClN9O10S2. The molecule has 22 heteroatoms. The Morgan fingerprint density at radius 3 is 2.06 bits per heavy atom. The second-order valence-electron chi connectivity index (χ2n) is 23.0. The lowest BCUT2D eigenvalue weighted by molar-refractivity contribution is -0.150. The van der Waals surface area contributed by atoms with Crippen LogP contribution in [-0.4, -0.2) is 143 Å². The third-order valence-corrected chi connectivity index (χ3v) is 17.7. The van der Waals surface area contributed by atoms with Crippen LogP contribution < -0.4 is 16.0 Å². The quantitative estimate of drug-likeness (QED) is 0.0222. The summed E-state index contributed by atoms with van der Waals surface area (Å²) in [6, 6.07) is 12.9. The fourth-order valence-electron chi connectivity index (χ4n) is 10.5. The highest BCUT2D eigenvalue weighted by Crippen LogP contribution is 2.40. The number of esters is 1. The number of rotatable bonds is 34. The molecule has 0 spiro atoms. The van der Waals surface area contributed by atoms with Crippen LogP contribution in [0.5, 0.6) is 0 Å². The first-order valence-corrected chi connectivity index (χ1v) is 32.0. The lowest BCUT2D eigenvalue weighted by atomic mass is 9.85. The van der Waals surface area contributed by atoms with Crippen LogP contribution in [0.1, 0.15) is 161 Å². The summed E-state index contributed by atoms with van der Waals surface area (Å²) in [5.41, 5.74) is 7.66. The molecule has 85 heavy (non-hydrogen) atoms. The van der Waals surface area contributed by atoms with Gasteiger partial charge in [0.25, 0.3) is 0 Å². The Balaban J connectivity index is 0.829. The van der Waals surface area contributed by atoms with Gasteiger partial charge in [0.15, 0.2) is 5.82 Å². The van der Waals surface area contributed by atoms with Gasteiger partial charge in [-0.3, -0.25) is 33.5 Å². The lowest BCUT2D eigenvalue weighted by Crippen LogP contribution is -2.58. The van der Waals surface area contributed by atoms with Crippen molar-refractivity contribution < 1.29 is 48.0 Å². The first-order chi connectivity index (χ1) is 40.9. The Morgan fingerprint density at radius 1 is 0.776 bits per heavy atom. The van der Waals surface area contributed by atoms with Crippen LogP contribution in [-0.2, 0) is 49.5 Å². The number of hydrogen-bond donors (Lipinski definition) is 4. The van der Waals surface area contributed by atoms with Crippen molar-refractivity contribution in [3.8, 4) is 15.4 Å². The van der Waals surface area contributed by atoms with Crippen molar-refractivity contribution in [2.24, 2.45) is 10.4 Å². The summed E-state index contributed by atoms with van der Waals surface area (Å²) in [6.07, 6.45) is 11.4. The summed E-state index contributed by atoms with van der Waals surface area (Å²) in [4.78, 5) is 81.9. The fraction of sp³-hybridized carbons (Fsp3) is 0.571. The van der Waals surface area contributed by atoms with Gasteiger partial charge in [-0.1, -0.05) is 127 Å². The number of aliphatic hydroxyl groups is 1. The minimum Gasteiger partial charge on any atom is -0.460 e. The predicted octanol–water partition coefficient (Wildman–Crippen LogP) is 9.82. The molecular weight excluding hydrogens is 1140 g/mol. The zero-order valence-electron chi connectivity index (χ0n) is 50.5. The molecule has 462 valence electrons. The highest BCUT2D eigenvalue weighted by molar-refractivity contribution is 7.15. The molecule has 1 fully saturated rings. The molecule has 2 aliphatic rings. The maximum atomic E-state index is 14.6. The number of aliphatic hydroxyl groups excluding tert-OH is 1. The Hall–Kier alpha value is -5.94. The normalized spacial score (nSPS) is 16.1. The van der Waals surface area contributed by atoms with Gasteiger partial charge in [-0.15, -0.1) is 32.9 Å². The van der Waals surface area contributed by atoms with Crippen molar-refractivity contribution in [2.45, 2.75) is 169 Å². The molecule has 0 radical (unpaired) electrons. The average Bonchev–Trinajstić information content (AvgIpc) is 2.10. The number of carbonyl (C=O) groups is 5. The Morgan fingerprint density at radius 2 is 1.41 bits per heavy atom. The van der Waals surface area contributed by atoms with Gasteiger partial charge >= 0.3 is 5.97 Å². The van der Waals surface area contributed by atoms with Crippen LogP contribution in [0.2, 0.25) is 5.02 Å². The number of ether oxygens (including phenoxy) is 4. The number of hydrogen-bond acceptors (Lipinski definition) is 16. The van der Waals surface area contributed by atoms with E-state index in [4.69, 9.17) is 40.6 Å². The number of amides is 4. The molecule has 2 aromatic carbocycles. The molecule has 5 aromatic rings. The third kappa shape index (κ3) is 19.5. The Labute approximate surface area is 513 Å². The number of fused-ring (bicyclic) bond motifs is 3. The molecule has 1 saturated heterocycles. The topological polar surface area (TPSA) is 238 Å². The SMILES string of the molecule is Cc1ncsc1-c1ccc(CNC(=O)[C@@H]2C[C@@H](OC(=O)CCCCCCCCCCCCCO)CN2C(=O)[C@@H](NC(=O)COCCOCCOCCNC(=O)C[C@@H]2N=C(c3ccc(Cl)cc3)c3c(sc(C)c3C)-n3c(C)nnc32)C(C)(C)C)cc1. The van der Waals surface area contributed by atoms with Gasteiger partial charge in [-0.2, -0.15) is 0 Å². The number of halogens is 1. The largest absolute Gasteiger partial charge is 0.460 e. The monoisotopic (exact) mass is 1230 g/mol. The van der Waals surface area contributed by atoms with E-state index in [1.54, 1.807) is 22.7 Å². The first kappa shape index (κ1) is 66.6. The summed E-state index contributed by atoms with van der Waals surface area (Å²) < 4.78 is 25.0. The van der Waals surface area contributed by atoms with Crippen molar-refractivity contribution >= 4 is 69.6 Å². The molecule has 4 atom stereocenters. The van der Waals surface area contributed by atoms with Gasteiger partial charge in [0.05, 0.1) is 67.8 Å². The number of unbranched alkanes of at least 4 members (excludes halogenated alkanes) is 10. The average molecular weight is 1230 g/mol. The fourth-order valence-corrected chi connectivity index (χ4v) is 12.7. The van der Waals surface area contributed by atoms with E-state index in [2.05, 4.69) is 45.0 Å². The van der Waals surface area contributed by atoms with Gasteiger partial charge < -0.3 is 44.9 Å². The third-order valence-electron chi connectivity index (χ3n) is 15.3. The second-order valence-corrected chi connectivity index (χ2v) is 25.5. The number of aryl methyl sites for hydroxylation is 3. The van der Waals surface area contributed by atoms with Crippen LogP contribution in [0.15, 0.2) is 59.0 Å². The van der Waals surface area contributed by atoms with Crippen LogP contribution in [0.3, 0.4) is 0 Å². The summed E-state index contributed by atoms with van der Waals surface area (Å²) in [5.74, 6) is -0.622. The molecule has 7 rings (SSSR count). The van der Waals surface area contributed by atoms with Crippen molar-refractivity contribution in [3.05, 3.63) is 104 Å². The highest BCUT2D eigenvalue weighted by Gasteiger charge is 2.46. The number of aromatic nitrogens is 4. The molecule has 5 heterocycles. The van der Waals surface area contributed by atoms with Gasteiger partial charge in [0.1, 0.15) is 41.7 Å². The minimum absolute atomic E-state index is 0.00533. The number of benzene rings is 2. The standard InChI is InChI=1S/C63H86ClN9O10S2/c1-41-43(3)85-62-55(41)56(46-24-26-48(64)27-25-46)68-50(59-71-70-44(4)73(59)62)36-52(75)65-28-30-80-31-32-81-33-34-82-39-53(76)69-58(63(5,6)7)61(79)72-38-49(83-54(77)19-17-15-13-11-9-8-10-12-14-16-18-29-74)35-51(72)60(78)66-37-45-20-22-47(23-21-45)57-42(2)67-40-84-57/h20-27,40,49-51,58,74H,8-19,28-39H2,1-7H3,(H,65,75)(H,66,78)(H,69,76)/t49-,50+,51+,58-/m1/s1. The van der Waals surface area contributed by atoms with E-state index in [1.165, 1.54) is 37.0 Å². The van der Waals surface area contributed by atoms with E-state index in [0.717, 1.165) is 86.1 Å². The number of aliphatic imine (C=N–C) groups is 1. The molecule has 0 bridgehead atoms. The van der Waals surface area contributed by atoms with E-state index in [-0.39, 0.29) is 103 Å². The minimum atomic E-state index is -1.03. The zero-order valence-corrected chi connectivity index (χ0v) is 52.9. The Bertz CT molecular complexity index is 3010. The second kappa shape index (κ2) is 33.3. The number of thiazole rings is 1. The van der Waals surface area contributed by atoms with E-state index in [1.807, 2.05) is 93.2 Å². The summed E-state index contributed by atoms with van der Waals surface area (Å²) in [7, 11) is 0. The summed E-state index contributed by atoms with van der Waals surface area (Å²) in [5, 5.41) is 28.2. The number of nitrogens with zero attached hydrogens (tertiary/aromatic N) is 6. The molecule has 4 amide bonds. The molecule has 3 aromatic heterocycles. The zero-order chi connectivity index (χ0) is 60.9. The molecule has 0 saturated carbocycles. The summed E-state index contributed by atoms with van der Waals surface area (Å²) in [6.45, 7) is 15.0. The van der Waals surface area contributed by atoms with E-state index >= 15 is 0 Å². The molecule has 2 aliphatic heterocycles. The van der Waals surface area contributed by atoms with Crippen molar-refractivity contribution in [1.82, 2.24) is 40.6 Å².